The zero-order chi connectivity index (χ0) is 24.9. The largest absolute Gasteiger partial charge is 0.503 e. The van der Waals surface area contributed by atoms with E-state index in [9.17, 15) is 14.7 Å². The Bertz CT molecular complexity index is 1200. The number of thiophene rings is 1. The van der Waals surface area contributed by atoms with Crippen molar-refractivity contribution in [3.05, 3.63) is 81.6 Å². The quantitative estimate of drug-likeness (QED) is 0.331. The number of amides is 1. The molecule has 184 valence electrons. The monoisotopic (exact) mass is 495 g/mol. The summed E-state index contributed by atoms with van der Waals surface area (Å²) in [5, 5.41) is 12.6. The number of Topliss-reactive ketones (excluding diaryl/α,β-unsaturated/α-hetero) is 1. The molecule has 1 unspecified atom stereocenters. The van der Waals surface area contributed by atoms with Crippen LogP contribution < -0.4 is 9.47 Å². The smallest absolute Gasteiger partial charge is 0.290 e. The number of aliphatic hydroxyl groups is 1. The third kappa shape index (κ3) is 5.27. The van der Waals surface area contributed by atoms with Crippen molar-refractivity contribution >= 4 is 23.0 Å². The highest BCUT2D eigenvalue weighted by molar-refractivity contribution is 7.12. The van der Waals surface area contributed by atoms with E-state index in [-0.39, 0.29) is 17.9 Å². The summed E-state index contributed by atoms with van der Waals surface area (Å²) < 4.78 is 17.3. The molecular formula is C27H29NO6S. The minimum atomic E-state index is -0.814. The van der Waals surface area contributed by atoms with E-state index in [4.69, 9.17) is 13.9 Å². The van der Waals surface area contributed by atoms with Crippen molar-refractivity contribution in [1.82, 2.24) is 4.90 Å². The van der Waals surface area contributed by atoms with E-state index >= 15 is 0 Å². The predicted octanol–water partition coefficient (Wildman–Crippen LogP) is 5.94. The number of carbonyl (C=O) groups excluding carboxylic acids is 2. The number of carbonyl (C=O) groups is 2. The molecule has 3 aromatic rings. The van der Waals surface area contributed by atoms with Crippen molar-refractivity contribution in [2.24, 2.45) is 5.92 Å². The minimum absolute atomic E-state index is 0.0416. The number of ether oxygens (including phenoxy) is 2. The number of nitrogens with zero attached hydrogens (tertiary/aromatic N) is 1. The van der Waals surface area contributed by atoms with Gasteiger partial charge in [-0.15, -0.1) is 11.3 Å². The molecule has 0 spiro atoms. The van der Waals surface area contributed by atoms with E-state index in [1.54, 1.807) is 47.8 Å². The molecule has 0 fully saturated rings. The molecule has 4 rings (SSSR count). The van der Waals surface area contributed by atoms with Gasteiger partial charge in [-0.25, -0.2) is 0 Å². The van der Waals surface area contributed by atoms with Gasteiger partial charge in [-0.1, -0.05) is 26.0 Å². The van der Waals surface area contributed by atoms with Gasteiger partial charge in [0.15, 0.2) is 17.3 Å². The van der Waals surface area contributed by atoms with Crippen LogP contribution >= 0.6 is 11.3 Å². The molecule has 3 heterocycles. The Hall–Kier alpha value is -3.52. The summed E-state index contributed by atoms with van der Waals surface area (Å²) in [7, 11) is 0. The molecule has 35 heavy (non-hydrogen) atoms. The maximum absolute atomic E-state index is 13.4. The summed E-state index contributed by atoms with van der Waals surface area (Å²) in [5.74, 6) is 0.610. The highest BCUT2D eigenvalue weighted by atomic mass is 32.1. The maximum Gasteiger partial charge on any atom is 0.290 e. The number of ketones is 1. The van der Waals surface area contributed by atoms with E-state index < -0.39 is 17.7 Å². The molecule has 0 saturated carbocycles. The van der Waals surface area contributed by atoms with Gasteiger partial charge in [-0.3, -0.25) is 9.59 Å². The lowest BCUT2D eigenvalue weighted by Crippen LogP contribution is -2.30. The fourth-order valence-electron chi connectivity index (χ4n) is 3.99. The van der Waals surface area contributed by atoms with Crippen molar-refractivity contribution in [1.29, 1.82) is 0 Å². The number of hydrogen-bond donors (Lipinski definition) is 1. The standard InChI is InChI=1S/C27H29NO6S/c1-4-32-21-15-18(9-10-20(21)34-13-11-17(2)3)24-23(25(29)22-8-6-14-35-22)26(30)27(31)28(24)16-19-7-5-12-33-19/h5-10,12,14-15,17,24,30H,4,11,13,16H2,1-3H3. The van der Waals surface area contributed by atoms with E-state index in [2.05, 4.69) is 13.8 Å². The highest BCUT2D eigenvalue weighted by Gasteiger charge is 2.44. The Morgan fingerprint density at radius 2 is 2.00 bits per heavy atom. The highest BCUT2D eigenvalue weighted by Crippen LogP contribution is 2.43. The molecular weight excluding hydrogens is 466 g/mol. The van der Waals surface area contributed by atoms with Gasteiger partial charge >= 0.3 is 0 Å². The van der Waals surface area contributed by atoms with Crippen LogP contribution in [0.1, 0.15) is 54.2 Å². The number of hydrogen-bond acceptors (Lipinski definition) is 7. The maximum atomic E-state index is 13.4. The fraction of sp³-hybridized carbons (Fsp3) is 0.333. The third-order valence-corrected chi connectivity index (χ3v) is 6.60. The molecule has 1 aliphatic heterocycles. The van der Waals surface area contributed by atoms with Gasteiger partial charge in [0.2, 0.25) is 5.78 Å². The Morgan fingerprint density at radius 1 is 1.17 bits per heavy atom. The van der Waals surface area contributed by atoms with Gasteiger partial charge in [0, 0.05) is 0 Å². The lowest BCUT2D eigenvalue weighted by Gasteiger charge is -2.26. The van der Waals surface area contributed by atoms with Crippen molar-refractivity contribution in [3.63, 3.8) is 0 Å². The van der Waals surface area contributed by atoms with Crippen LogP contribution in [0.4, 0.5) is 0 Å². The summed E-state index contributed by atoms with van der Waals surface area (Å²) in [6.07, 6.45) is 2.42. The second-order valence-electron chi connectivity index (χ2n) is 8.65. The van der Waals surface area contributed by atoms with Gasteiger partial charge in [0.25, 0.3) is 5.91 Å². The van der Waals surface area contributed by atoms with Crippen molar-refractivity contribution < 1.29 is 28.6 Å². The first-order valence-corrected chi connectivity index (χ1v) is 12.5. The summed E-state index contributed by atoms with van der Waals surface area (Å²) >= 11 is 1.26. The second-order valence-corrected chi connectivity index (χ2v) is 9.60. The molecule has 1 aromatic carbocycles. The zero-order valence-corrected chi connectivity index (χ0v) is 20.8. The first kappa shape index (κ1) is 24.6. The van der Waals surface area contributed by atoms with Gasteiger partial charge in [-0.2, -0.15) is 0 Å². The van der Waals surface area contributed by atoms with Crippen molar-refractivity contribution in [2.75, 3.05) is 13.2 Å². The van der Waals surface area contributed by atoms with E-state index in [1.807, 2.05) is 6.92 Å². The summed E-state index contributed by atoms with van der Waals surface area (Å²) in [6, 6.07) is 11.5. The lowest BCUT2D eigenvalue weighted by atomic mass is 9.95. The summed E-state index contributed by atoms with van der Waals surface area (Å²) in [5.41, 5.74) is 0.674. The molecule has 0 aliphatic carbocycles. The second kappa shape index (κ2) is 10.8. The number of benzene rings is 1. The molecule has 1 aliphatic rings. The lowest BCUT2D eigenvalue weighted by molar-refractivity contribution is -0.130. The van der Waals surface area contributed by atoms with E-state index in [0.717, 1.165) is 6.42 Å². The normalized spacial score (nSPS) is 15.8. The summed E-state index contributed by atoms with van der Waals surface area (Å²) in [4.78, 5) is 28.5. The molecule has 2 aromatic heterocycles. The molecule has 7 nitrogen and oxygen atoms in total. The van der Waals surface area contributed by atoms with E-state index in [1.165, 1.54) is 22.5 Å². The van der Waals surface area contributed by atoms with Crippen LogP contribution in [0.5, 0.6) is 11.5 Å². The van der Waals surface area contributed by atoms with Crippen LogP contribution in [0.2, 0.25) is 0 Å². The molecule has 8 heteroatoms. The van der Waals surface area contributed by atoms with Crippen LogP contribution in [0.25, 0.3) is 0 Å². The average molecular weight is 496 g/mol. The van der Waals surface area contributed by atoms with Crippen LogP contribution in [-0.4, -0.2) is 34.9 Å². The third-order valence-electron chi connectivity index (χ3n) is 5.74. The fourth-order valence-corrected chi connectivity index (χ4v) is 4.67. The van der Waals surface area contributed by atoms with Crippen LogP contribution in [0.3, 0.4) is 0 Å². The predicted molar refractivity (Wildman–Crippen MR) is 133 cm³/mol. The van der Waals surface area contributed by atoms with Crippen molar-refractivity contribution in [2.45, 2.75) is 39.8 Å². The van der Waals surface area contributed by atoms with Gasteiger partial charge < -0.3 is 23.9 Å². The van der Waals surface area contributed by atoms with Crippen LogP contribution in [0.15, 0.2) is 69.9 Å². The van der Waals surface area contributed by atoms with Crippen LogP contribution in [0, 0.1) is 5.92 Å². The van der Waals surface area contributed by atoms with Gasteiger partial charge in [-0.05, 0) is 60.5 Å². The minimum Gasteiger partial charge on any atom is -0.503 e. The zero-order valence-electron chi connectivity index (χ0n) is 20.0. The van der Waals surface area contributed by atoms with Gasteiger partial charge in [0.1, 0.15) is 5.76 Å². The Labute approximate surface area is 208 Å². The Kier molecular flexibility index (Phi) is 7.60. The molecule has 0 bridgehead atoms. The Balaban J connectivity index is 1.74. The first-order chi connectivity index (χ1) is 16.9. The summed E-state index contributed by atoms with van der Waals surface area (Å²) in [6.45, 7) is 7.21. The molecule has 0 radical (unpaired) electrons. The first-order valence-electron chi connectivity index (χ1n) is 11.6. The van der Waals surface area contributed by atoms with Gasteiger partial charge in [0.05, 0.1) is 42.5 Å². The molecule has 1 atom stereocenters. The number of aliphatic hydroxyl groups excluding tert-OH is 1. The topological polar surface area (TPSA) is 89.2 Å². The SMILES string of the molecule is CCOc1cc(C2C(C(=O)c3cccs3)=C(O)C(=O)N2Cc2ccco2)ccc1OCCC(C)C. The average Bonchev–Trinajstić information content (AvgIpc) is 3.59. The van der Waals surface area contributed by atoms with Crippen molar-refractivity contribution in [3.8, 4) is 11.5 Å². The molecule has 1 amide bonds. The molecule has 0 saturated heterocycles. The Morgan fingerprint density at radius 3 is 2.66 bits per heavy atom. The van der Waals surface area contributed by atoms with E-state index in [0.29, 0.717) is 46.8 Å². The number of rotatable bonds is 11. The molecule has 1 N–H and O–H groups in total. The number of furan rings is 1. The van der Waals surface area contributed by atoms with Crippen LogP contribution in [-0.2, 0) is 11.3 Å².